The molecule has 1 aliphatic carbocycles. The van der Waals surface area contributed by atoms with Crippen LogP contribution in [0.15, 0.2) is 70.7 Å². The number of hydrogen-bond acceptors (Lipinski definition) is 11. The second kappa shape index (κ2) is 15.7. The lowest BCUT2D eigenvalue weighted by Crippen LogP contribution is -2.37. The largest absolute Gasteiger partial charge is 0.507 e. The van der Waals surface area contributed by atoms with Gasteiger partial charge in [-0.2, -0.15) is 0 Å². The maximum Gasteiger partial charge on any atom is 0.224 e. The Hall–Kier alpha value is -5.24. The van der Waals surface area contributed by atoms with Crippen molar-refractivity contribution < 1.29 is 24.3 Å². The van der Waals surface area contributed by atoms with Crippen LogP contribution in [0.5, 0.6) is 5.75 Å². The van der Waals surface area contributed by atoms with E-state index in [1.165, 1.54) is 0 Å². The van der Waals surface area contributed by atoms with E-state index in [1.807, 2.05) is 67.9 Å². The zero-order valence-electron chi connectivity index (χ0n) is 32.0. The lowest BCUT2D eigenvalue weighted by molar-refractivity contribution is -0.133. The molecule has 1 saturated carbocycles. The number of amides is 1. The molecule has 5 atom stereocenters. The van der Waals surface area contributed by atoms with Crippen LogP contribution >= 0.6 is 11.3 Å². The maximum atomic E-state index is 14.0. The topological polar surface area (TPSA) is 170 Å². The lowest BCUT2D eigenvalue weighted by Gasteiger charge is -2.26. The predicted molar refractivity (Wildman–Crippen MR) is 214 cm³/mol. The van der Waals surface area contributed by atoms with Crippen LogP contribution in [-0.2, 0) is 29.1 Å². The van der Waals surface area contributed by atoms with Crippen molar-refractivity contribution in [2.75, 3.05) is 6.54 Å². The summed E-state index contributed by atoms with van der Waals surface area (Å²) < 4.78 is 5.92. The van der Waals surface area contributed by atoms with Crippen LogP contribution < -0.4 is 5.32 Å². The molecule has 1 fully saturated rings. The summed E-state index contributed by atoms with van der Waals surface area (Å²) in [7, 11) is 0. The molecule has 0 radical (unpaired) electrons. The second-order valence-corrected chi connectivity index (χ2v) is 16.6. The molecule has 4 aromatic heterocycles. The van der Waals surface area contributed by atoms with Gasteiger partial charge in [-0.1, -0.05) is 55.4 Å². The molecule has 0 spiro atoms. The Balaban J connectivity index is 0.911. The lowest BCUT2D eigenvalue weighted by atomic mass is 9.82. The summed E-state index contributed by atoms with van der Waals surface area (Å²) in [4.78, 5) is 38.9. The Kier molecular flexibility index (Phi) is 10.6. The van der Waals surface area contributed by atoms with Gasteiger partial charge in [-0.05, 0) is 67.5 Å². The number of H-pyrrole nitrogens is 1. The van der Waals surface area contributed by atoms with E-state index < -0.39 is 17.9 Å². The normalized spacial score (nSPS) is 19.6. The first kappa shape index (κ1) is 37.7. The number of aromatic amines is 1. The number of aliphatic hydroxyl groups is 1. The number of nitrogens with zero attached hydrogens (tertiary/aromatic N) is 5. The van der Waals surface area contributed by atoms with E-state index >= 15 is 0 Å². The minimum absolute atomic E-state index is 0.0375. The number of phenols is 1. The van der Waals surface area contributed by atoms with Gasteiger partial charge in [-0.25, -0.2) is 4.98 Å². The van der Waals surface area contributed by atoms with Gasteiger partial charge in [-0.3, -0.25) is 14.5 Å². The molecular formula is C43H47N7O5S. The summed E-state index contributed by atoms with van der Waals surface area (Å²) in [6.07, 6.45) is 0.826. The number of aryl methyl sites for hydroxylation is 1. The van der Waals surface area contributed by atoms with E-state index in [-0.39, 0.29) is 54.6 Å². The first-order chi connectivity index (χ1) is 27.0. The molecule has 5 heterocycles. The van der Waals surface area contributed by atoms with Crippen molar-refractivity contribution in [3.8, 4) is 27.4 Å². The summed E-state index contributed by atoms with van der Waals surface area (Å²) in [6.45, 7) is 10.1. The van der Waals surface area contributed by atoms with E-state index in [0.29, 0.717) is 30.1 Å². The van der Waals surface area contributed by atoms with Crippen molar-refractivity contribution in [3.63, 3.8) is 0 Å². The predicted octanol–water partition coefficient (Wildman–Crippen LogP) is 7.27. The van der Waals surface area contributed by atoms with Gasteiger partial charge < -0.3 is 25.0 Å². The quantitative estimate of drug-likeness (QED) is 0.0992. The molecular weight excluding hydrogens is 727 g/mol. The highest BCUT2D eigenvalue weighted by Crippen LogP contribution is 2.39. The Morgan fingerprint density at radius 2 is 1.84 bits per heavy atom. The second-order valence-electron chi connectivity index (χ2n) is 15.8. The van der Waals surface area contributed by atoms with Crippen molar-refractivity contribution in [1.29, 1.82) is 0 Å². The van der Waals surface area contributed by atoms with Gasteiger partial charge >= 0.3 is 0 Å². The third-order valence-corrected chi connectivity index (χ3v) is 12.6. The molecule has 0 saturated heterocycles. The van der Waals surface area contributed by atoms with Gasteiger partial charge in [0.15, 0.2) is 5.65 Å². The third-order valence-electron chi connectivity index (χ3n) is 11.6. The van der Waals surface area contributed by atoms with E-state index in [4.69, 9.17) is 4.52 Å². The van der Waals surface area contributed by atoms with Crippen molar-refractivity contribution >= 4 is 34.1 Å². The number of phenolic OH excluding ortho intramolecular Hbond substituents is 1. The smallest absolute Gasteiger partial charge is 0.224 e. The van der Waals surface area contributed by atoms with Gasteiger partial charge in [0, 0.05) is 67.0 Å². The number of aliphatic hydroxyl groups excluding tert-OH is 1. The van der Waals surface area contributed by atoms with Crippen LogP contribution in [-0.4, -0.2) is 64.8 Å². The number of para-hydroxylation sites is 1. The number of nitrogens with one attached hydrogen (secondary N) is 2. The van der Waals surface area contributed by atoms with Crippen LogP contribution in [0.4, 0.5) is 0 Å². The molecule has 4 N–H and O–H groups in total. The standard InChI is InChI=1S/C43H47N7O5S/c1-23(2)31(19-39(53)32-16-29(51)17-34(32)43(54)45-24(3)26-9-11-27(12-10-26)41-25(4)44-22-56-41)40-15-28(49-55-40)20-50-14-13-36-35(21-50)33-18-37(47-48-42(33)46-36)30-7-5-6-8-38(30)52/h5-12,15,18,22-24,29,31-32,34,51-52H,13-14,16-17,19-21H2,1-4H3,(H,45,54)(H,46,48)/t24-,29-,31+,32?,34+/m0/s1. The minimum atomic E-state index is -0.711. The van der Waals surface area contributed by atoms with Crippen LogP contribution in [0, 0.1) is 24.7 Å². The van der Waals surface area contributed by atoms with Crippen LogP contribution in [0.2, 0.25) is 0 Å². The number of rotatable bonds is 12. The van der Waals surface area contributed by atoms with E-state index in [2.05, 4.69) is 49.4 Å². The maximum absolute atomic E-state index is 14.0. The first-order valence-electron chi connectivity index (χ1n) is 19.4. The number of aromatic hydroxyl groups is 1. The van der Waals surface area contributed by atoms with Gasteiger partial charge in [0.25, 0.3) is 0 Å². The number of thiazole rings is 1. The molecule has 12 nitrogen and oxygen atoms in total. The highest BCUT2D eigenvalue weighted by molar-refractivity contribution is 7.13. The van der Waals surface area contributed by atoms with Crippen molar-refractivity contribution in [1.82, 2.24) is 35.5 Å². The molecule has 1 unspecified atom stereocenters. The number of hydrogen-bond donors (Lipinski definition) is 4. The average molecular weight is 774 g/mol. The zero-order chi connectivity index (χ0) is 39.1. The van der Waals surface area contributed by atoms with Crippen LogP contribution in [0.25, 0.3) is 32.7 Å². The number of benzene rings is 2. The molecule has 0 bridgehead atoms. The summed E-state index contributed by atoms with van der Waals surface area (Å²) in [5.41, 5.74) is 9.92. The number of carbonyl (C=O) groups excluding carboxylic acids is 2. The monoisotopic (exact) mass is 773 g/mol. The van der Waals surface area contributed by atoms with E-state index in [0.717, 1.165) is 62.6 Å². The molecule has 290 valence electrons. The number of Topliss-reactive ketones (excluding diaryl/α,β-unsaturated/α-hetero) is 1. The Morgan fingerprint density at radius 3 is 2.59 bits per heavy atom. The molecule has 2 aliphatic rings. The number of fused-ring (bicyclic) bond motifs is 3. The summed E-state index contributed by atoms with van der Waals surface area (Å²) in [5, 5.41) is 38.4. The zero-order valence-corrected chi connectivity index (χ0v) is 32.8. The minimum Gasteiger partial charge on any atom is -0.507 e. The summed E-state index contributed by atoms with van der Waals surface area (Å²) >= 11 is 1.60. The molecule has 56 heavy (non-hydrogen) atoms. The molecule has 1 aliphatic heterocycles. The average Bonchev–Trinajstić information content (AvgIpc) is 4.00. The Labute approximate surface area is 329 Å². The fraction of sp³-hybridized carbons (Fsp3) is 0.395. The summed E-state index contributed by atoms with van der Waals surface area (Å²) in [5.74, 6) is -0.758. The Bertz CT molecular complexity index is 2370. The van der Waals surface area contributed by atoms with Crippen molar-refractivity contribution in [2.24, 2.45) is 17.8 Å². The first-order valence-corrected chi connectivity index (χ1v) is 20.2. The number of ketones is 1. The van der Waals surface area contributed by atoms with Crippen LogP contribution in [0.3, 0.4) is 0 Å². The van der Waals surface area contributed by atoms with Gasteiger partial charge in [-0.15, -0.1) is 21.5 Å². The molecule has 8 rings (SSSR count). The van der Waals surface area contributed by atoms with Gasteiger partial charge in [0.2, 0.25) is 5.91 Å². The van der Waals surface area contributed by atoms with Gasteiger partial charge in [0.05, 0.1) is 45.5 Å². The number of carbonyl (C=O) groups is 2. The van der Waals surface area contributed by atoms with Crippen molar-refractivity contribution in [2.45, 2.75) is 84.5 Å². The number of aromatic nitrogens is 5. The molecule has 6 aromatic rings. The highest BCUT2D eigenvalue weighted by atomic mass is 32.1. The van der Waals surface area contributed by atoms with Crippen molar-refractivity contribution in [3.05, 3.63) is 100 Å². The summed E-state index contributed by atoms with van der Waals surface area (Å²) in [6, 6.07) is 18.9. The molecule has 2 aromatic carbocycles. The Morgan fingerprint density at radius 1 is 1.05 bits per heavy atom. The van der Waals surface area contributed by atoms with E-state index in [1.54, 1.807) is 23.5 Å². The molecule has 1 amide bonds. The highest BCUT2D eigenvalue weighted by Gasteiger charge is 2.43. The van der Waals surface area contributed by atoms with Crippen LogP contribution in [0.1, 0.15) is 86.0 Å². The van der Waals surface area contributed by atoms with Gasteiger partial charge in [0.1, 0.15) is 17.3 Å². The fourth-order valence-corrected chi connectivity index (χ4v) is 9.23. The SMILES string of the molecule is Cc1ncsc1-c1ccc([C@H](C)NC(=O)[C@@H]2C[C@@H](O)CC2C(=O)C[C@@H](c2cc(CN3CCc4[nH]c5nnc(-c6ccccc6O)cc5c4C3)no2)C(C)C)cc1. The van der Waals surface area contributed by atoms with E-state index in [9.17, 15) is 19.8 Å². The molecule has 13 heteroatoms. The third kappa shape index (κ3) is 7.63. The fourth-order valence-electron chi connectivity index (χ4n) is 8.42.